The van der Waals surface area contributed by atoms with Gasteiger partial charge in [0.05, 0.1) is 5.92 Å². The fraction of sp³-hybridized carbons (Fsp3) is 0.588. The van der Waals surface area contributed by atoms with Crippen LogP contribution in [-0.4, -0.2) is 24.2 Å². The normalized spacial score (nSPS) is 24.3. The molecular weight excluding hydrogens is 250 g/mol. The van der Waals surface area contributed by atoms with Crippen LogP contribution in [0, 0.1) is 11.8 Å². The van der Waals surface area contributed by atoms with Crippen LogP contribution in [-0.2, 0) is 11.2 Å². The minimum atomic E-state index is -0.646. The molecule has 2 fully saturated rings. The fourth-order valence-electron chi connectivity index (χ4n) is 3.45. The van der Waals surface area contributed by atoms with Crippen molar-refractivity contribution in [3.05, 3.63) is 35.4 Å². The number of hydrogen-bond donors (Lipinski definition) is 2. The Morgan fingerprint density at radius 2 is 2.20 bits per heavy atom. The van der Waals surface area contributed by atoms with E-state index in [4.69, 9.17) is 0 Å². The van der Waals surface area contributed by atoms with E-state index >= 15 is 0 Å². The average Bonchev–Trinajstić information content (AvgIpc) is 2.87. The average molecular weight is 273 g/mol. The number of rotatable bonds is 5. The topological polar surface area (TPSA) is 49.3 Å². The summed E-state index contributed by atoms with van der Waals surface area (Å²) in [5.74, 6) is 0.0978. The molecule has 0 aromatic heterocycles. The number of nitrogens with one attached hydrogen (secondary N) is 1. The molecule has 2 N–H and O–H groups in total. The van der Waals surface area contributed by atoms with Crippen molar-refractivity contribution in [2.24, 2.45) is 11.8 Å². The van der Waals surface area contributed by atoms with E-state index in [-0.39, 0.29) is 11.8 Å². The molecule has 3 nitrogen and oxygen atoms in total. The zero-order chi connectivity index (χ0) is 13.9. The largest absolute Gasteiger partial charge is 0.481 e. The Morgan fingerprint density at radius 3 is 2.80 bits per heavy atom. The molecule has 1 saturated carbocycles. The van der Waals surface area contributed by atoms with Crippen LogP contribution < -0.4 is 5.32 Å². The lowest BCUT2D eigenvalue weighted by Crippen LogP contribution is -2.27. The first-order valence-electron chi connectivity index (χ1n) is 7.76. The Labute approximate surface area is 120 Å². The van der Waals surface area contributed by atoms with Gasteiger partial charge in [0, 0.05) is 0 Å². The standard InChI is InChI=1S/C17H23NO2/c19-17(20)16(15-7-8-18-11-15)10-12-3-1-6-14(9-12)13-4-2-5-13/h1,3,6,9,13,15-16,18H,2,4-5,7-8,10-11H2,(H,19,20)/t15-,16-/m0/s1. The number of aliphatic carboxylic acids is 1. The predicted molar refractivity (Wildman–Crippen MR) is 78.8 cm³/mol. The van der Waals surface area contributed by atoms with Gasteiger partial charge < -0.3 is 10.4 Å². The van der Waals surface area contributed by atoms with E-state index in [0.717, 1.165) is 19.5 Å². The Balaban J connectivity index is 1.72. The molecule has 0 radical (unpaired) electrons. The van der Waals surface area contributed by atoms with Gasteiger partial charge in [-0.2, -0.15) is 0 Å². The molecule has 1 saturated heterocycles. The SMILES string of the molecule is O=C(O)[C@@H](Cc1cccc(C2CCC2)c1)[C@H]1CCNC1. The van der Waals surface area contributed by atoms with E-state index in [2.05, 4.69) is 29.6 Å². The van der Waals surface area contributed by atoms with Crippen molar-refractivity contribution >= 4 is 5.97 Å². The summed E-state index contributed by atoms with van der Waals surface area (Å²) in [6.45, 7) is 1.80. The van der Waals surface area contributed by atoms with Crippen LogP contribution in [0.4, 0.5) is 0 Å². The first-order valence-corrected chi connectivity index (χ1v) is 7.76. The van der Waals surface area contributed by atoms with Crippen LogP contribution in [0.1, 0.15) is 42.7 Å². The van der Waals surface area contributed by atoms with E-state index in [1.54, 1.807) is 0 Å². The Morgan fingerprint density at radius 1 is 1.35 bits per heavy atom. The summed E-state index contributed by atoms with van der Waals surface area (Å²) in [6, 6.07) is 8.61. The second kappa shape index (κ2) is 5.96. The molecule has 1 aromatic rings. The van der Waals surface area contributed by atoms with Gasteiger partial charge >= 0.3 is 5.97 Å². The lowest BCUT2D eigenvalue weighted by molar-refractivity contribution is -0.143. The van der Waals surface area contributed by atoms with Crippen LogP contribution in [0.5, 0.6) is 0 Å². The van der Waals surface area contributed by atoms with Crippen molar-refractivity contribution in [3.63, 3.8) is 0 Å². The molecule has 2 atom stereocenters. The summed E-state index contributed by atoms with van der Waals surface area (Å²) in [7, 11) is 0. The maximum Gasteiger partial charge on any atom is 0.307 e. The highest BCUT2D eigenvalue weighted by Gasteiger charge is 2.30. The van der Waals surface area contributed by atoms with Gasteiger partial charge in [0.2, 0.25) is 0 Å². The zero-order valence-electron chi connectivity index (χ0n) is 11.8. The van der Waals surface area contributed by atoms with Crippen molar-refractivity contribution in [3.8, 4) is 0 Å². The molecule has 20 heavy (non-hydrogen) atoms. The van der Waals surface area contributed by atoms with Crippen molar-refractivity contribution in [1.82, 2.24) is 5.32 Å². The first-order chi connectivity index (χ1) is 9.74. The highest BCUT2D eigenvalue weighted by Crippen LogP contribution is 2.36. The number of carbonyl (C=O) groups is 1. The molecule has 2 aliphatic rings. The molecule has 0 bridgehead atoms. The molecular formula is C17H23NO2. The number of benzene rings is 1. The monoisotopic (exact) mass is 273 g/mol. The second-order valence-corrected chi connectivity index (χ2v) is 6.27. The van der Waals surface area contributed by atoms with Crippen molar-refractivity contribution in [2.45, 2.75) is 38.0 Å². The van der Waals surface area contributed by atoms with Gasteiger partial charge in [-0.15, -0.1) is 0 Å². The molecule has 1 aliphatic heterocycles. The molecule has 1 aliphatic carbocycles. The molecule has 3 heteroatoms. The van der Waals surface area contributed by atoms with Crippen LogP contribution in [0.2, 0.25) is 0 Å². The number of carboxylic acid groups (broad SMARTS) is 1. The van der Waals surface area contributed by atoms with Gasteiger partial charge in [-0.3, -0.25) is 4.79 Å². The lowest BCUT2D eigenvalue weighted by Gasteiger charge is -2.26. The van der Waals surface area contributed by atoms with Gasteiger partial charge in [-0.05, 0) is 61.7 Å². The summed E-state index contributed by atoms with van der Waals surface area (Å²) in [6.07, 6.45) is 5.57. The second-order valence-electron chi connectivity index (χ2n) is 6.27. The van der Waals surface area contributed by atoms with Crippen molar-refractivity contribution < 1.29 is 9.90 Å². The molecule has 1 aromatic carbocycles. The van der Waals surface area contributed by atoms with E-state index in [9.17, 15) is 9.90 Å². The third-order valence-corrected chi connectivity index (χ3v) is 4.97. The number of carboxylic acids is 1. The van der Waals surface area contributed by atoms with E-state index in [0.29, 0.717) is 12.3 Å². The molecule has 0 unspecified atom stereocenters. The fourth-order valence-corrected chi connectivity index (χ4v) is 3.45. The van der Waals surface area contributed by atoms with Crippen LogP contribution in [0.25, 0.3) is 0 Å². The third kappa shape index (κ3) is 2.88. The summed E-state index contributed by atoms with van der Waals surface area (Å²) in [4.78, 5) is 11.5. The third-order valence-electron chi connectivity index (χ3n) is 4.97. The molecule has 0 amide bonds. The predicted octanol–water partition coefficient (Wildman–Crippen LogP) is 2.81. The number of hydrogen-bond acceptors (Lipinski definition) is 2. The van der Waals surface area contributed by atoms with Crippen molar-refractivity contribution in [2.75, 3.05) is 13.1 Å². The van der Waals surface area contributed by atoms with Gasteiger partial charge in [0.25, 0.3) is 0 Å². The molecule has 0 spiro atoms. The van der Waals surface area contributed by atoms with Gasteiger partial charge in [0.1, 0.15) is 0 Å². The van der Waals surface area contributed by atoms with Crippen LogP contribution in [0.15, 0.2) is 24.3 Å². The highest BCUT2D eigenvalue weighted by atomic mass is 16.4. The quantitative estimate of drug-likeness (QED) is 0.867. The van der Waals surface area contributed by atoms with E-state index in [1.807, 2.05) is 0 Å². The smallest absolute Gasteiger partial charge is 0.307 e. The summed E-state index contributed by atoms with van der Waals surface area (Å²) >= 11 is 0. The van der Waals surface area contributed by atoms with Crippen LogP contribution in [0.3, 0.4) is 0 Å². The summed E-state index contributed by atoms with van der Waals surface area (Å²) < 4.78 is 0. The molecule has 3 rings (SSSR count). The maximum atomic E-state index is 11.5. The Bertz CT molecular complexity index is 476. The molecule has 108 valence electrons. The van der Waals surface area contributed by atoms with E-state index < -0.39 is 5.97 Å². The minimum absolute atomic E-state index is 0.248. The first kappa shape index (κ1) is 13.6. The minimum Gasteiger partial charge on any atom is -0.481 e. The van der Waals surface area contributed by atoms with Gasteiger partial charge in [0.15, 0.2) is 0 Å². The summed E-state index contributed by atoms with van der Waals surface area (Å²) in [5.41, 5.74) is 2.59. The Kier molecular flexibility index (Phi) is 4.06. The summed E-state index contributed by atoms with van der Waals surface area (Å²) in [5, 5.41) is 12.8. The lowest BCUT2D eigenvalue weighted by atomic mass is 9.79. The molecule has 1 heterocycles. The highest BCUT2D eigenvalue weighted by molar-refractivity contribution is 5.71. The zero-order valence-corrected chi connectivity index (χ0v) is 11.8. The van der Waals surface area contributed by atoms with Gasteiger partial charge in [-0.25, -0.2) is 0 Å². The Hall–Kier alpha value is -1.35. The van der Waals surface area contributed by atoms with Crippen molar-refractivity contribution in [1.29, 1.82) is 0 Å². The van der Waals surface area contributed by atoms with E-state index in [1.165, 1.54) is 30.4 Å². The van der Waals surface area contributed by atoms with Crippen LogP contribution >= 0.6 is 0 Å². The maximum absolute atomic E-state index is 11.5. The van der Waals surface area contributed by atoms with Gasteiger partial charge in [-0.1, -0.05) is 30.7 Å².